The van der Waals surface area contributed by atoms with E-state index < -0.39 is 52.2 Å². The van der Waals surface area contributed by atoms with Crippen molar-refractivity contribution in [3.05, 3.63) is 0 Å². The molecule has 0 atom stereocenters. The zero-order valence-electron chi connectivity index (χ0n) is 19.5. The van der Waals surface area contributed by atoms with Crippen molar-refractivity contribution in [2.45, 2.75) is 67.6 Å². The van der Waals surface area contributed by atoms with Gasteiger partial charge in [-0.2, -0.15) is 26.3 Å². The molecule has 0 amide bonds. The van der Waals surface area contributed by atoms with Gasteiger partial charge < -0.3 is 4.48 Å². The monoisotopic (exact) mass is 522 g/mol. The van der Waals surface area contributed by atoms with E-state index >= 15 is 0 Å². The van der Waals surface area contributed by atoms with Crippen LogP contribution in [0.3, 0.4) is 0 Å². The first kappa shape index (κ1) is 31.4. The van der Waals surface area contributed by atoms with Crippen LogP contribution in [0.1, 0.15) is 52.4 Å². The van der Waals surface area contributed by atoms with E-state index in [1.165, 1.54) is 49.8 Å². The number of hydrogen-bond acceptors (Lipinski definition) is 4. The Morgan fingerprint density at radius 3 is 1.41 bits per heavy atom. The molecule has 1 saturated heterocycles. The highest BCUT2D eigenvalue weighted by atomic mass is 32.3. The van der Waals surface area contributed by atoms with Gasteiger partial charge in [0.2, 0.25) is 0 Å². The van der Waals surface area contributed by atoms with Gasteiger partial charge >= 0.3 is 34.9 Å². The number of alkyl halides is 6. The second kappa shape index (κ2) is 10.3. The Balaban J connectivity index is 0.000000792. The highest BCUT2D eigenvalue weighted by Crippen LogP contribution is 2.49. The van der Waals surface area contributed by atoms with E-state index in [1.54, 1.807) is 0 Å². The van der Waals surface area contributed by atoms with Gasteiger partial charge in [0.25, 0.3) is 0 Å². The fraction of sp³-hybridized carbons (Fsp3) is 1.00. The molecule has 0 aromatic rings. The molecule has 0 aliphatic carbocycles. The molecule has 32 heavy (non-hydrogen) atoms. The maximum Gasteiger partial charge on any atom is 0.504 e. The predicted molar refractivity (Wildman–Crippen MR) is 111 cm³/mol. The molecule has 0 unspecified atom stereocenters. The summed E-state index contributed by atoms with van der Waals surface area (Å²) in [5.74, 6) is 0. The normalized spacial score (nSPS) is 18.2. The van der Waals surface area contributed by atoms with Gasteiger partial charge in [-0.3, -0.25) is 4.48 Å². The second-order valence-electron chi connectivity index (χ2n) is 9.22. The summed E-state index contributed by atoms with van der Waals surface area (Å²) in [5, 5.41) is 0. The third kappa shape index (κ3) is 6.09. The molecule has 0 aromatic heterocycles. The van der Waals surface area contributed by atoms with Crippen LogP contribution in [-0.4, -0.2) is 88.8 Å². The fourth-order valence-electron chi connectivity index (χ4n) is 4.01. The Kier molecular flexibility index (Phi) is 10.2. The number of hydrogen-bond donors (Lipinski definition) is 0. The van der Waals surface area contributed by atoms with Crippen LogP contribution in [0.15, 0.2) is 0 Å². The maximum atomic E-state index is 12.9. The Morgan fingerprint density at radius 2 is 1.16 bits per heavy atom. The number of rotatable bonds is 8. The van der Waals surface area contributed by atoms with E-state index in [9.17, 15) is 43.2 Å². The lowest BCUT2D eigenvalue weighted by molar-refractivity contribution is -0.897. The average Bonchev–Trinajstić information content (AvgIpc) is 3.01. The summed E-state index contributed by atoms with van der Waals surface area (Å²) in [6.07, 6.45) is 3.80. The van der Waals surface area contributed by atoms with Gasteiger partial charge in [0.15, 0.2) is 0 Å². The van der Waals surface area contributed by atoms with Crippen molar-refractivity contribution in [2.75, 3.05) is 47.8 Å². The fourth-order valence-corrected chi connectivity index (χ4v) is 8.84. The minimum atomic E-state index is -6.70. The van der Waals surface area contributed by atoms with Crippen molar-refractivity contribution in [3.8, 4) is 0 Å². The summed E-state index contributed by atoms with van der Waals surface area (Å²) >= 11 is 0. The highest BCUT2D eigenvalue weighted by molar-refractivity contribution is 8.10. The second-order valence-corrected chi connectivity index (χ2v) is 13.8. The van der Waals surface area contributed by atoms with Gasteiger partial charge in [-0.25, -0.2) is 16.8 Å². The zero-order chi connectivity index (χ0) is 25.9. The van der Waals surface area contributed by atoms with Crippen molar-refractivity contribution in [2.24, 2.45) is 0 Å². The Labute approximate surface area is 187 Å². The van der Waals surface area contributed by atoms with Crippen molar-refractivity contribution < 1.29 is 52.1 Å². The van der Waals surface area contributed by atoms with Crippen molar-refractivity contribution in [1.82, 2.24) is 0 Å². The third-order valence-corrected chi connectivity index (χ3v) is 11.5. The number of halogens is 6. The Morgan fingerprint density at radius 1 is 0.781 bits per heavy atom. The van der Waals surface area contributed by atoms with E-state index in [0.29, 0.717) is 21.1 Å². The third-order valence-electron chi connectivity index (χ3n) is 5.73. The first-order valence-corrected chi connectivity index (χ1v) is 13.3. The standard InChI is InChI=1S/C9H16F6NO4S2.C9H20N/c1-5-6-7(16(2,3)4,21(17,18)8(10,11)12)22(19,20)9(13,14)15;1-3-4-7-10(2)8-5-6-9-10/h5-6H2,1-4H3;3-9H2,1-2H3/q2*+1. The van der Waals surface area contributed by atoms with Crippen LogP contribution >= 0.6 is 0 Å². The lowest BCUT2D eigenvalue weighted by Crippen LogP contribution is -2.70. The van der Waals surface area contributed by atoms with Crippen LogP contribution in [0.25, 0.3) is 0 Å². The molecule has 1 aliphatic heterocycles. The van der Waals surface area contributed by atoms with Gasteiger partial charge in [0, 0.05) is 19.3 Å². The van der Waals surface area contributed by atoms with Crippen molar-refractivity contribution in [3.63, 3.8) is 0 Å². The molecule has 1 rings (SSSR count). The van der Waals surface area contributed by atoms with Crippen LogP contribution in [0.5, 0.6) is 0 Å². The van der Waals surface area contributed by atoms with Gasteiger partial charge in [-0.05, 0) is 12.8 Å². The number of sulfone groups is 2. The molecule has 1 heterocycles. The SMILES string of the molecule is CCCC([N+](C)(C)C)(S(=O)(=O)C(F)(F)F)S(=O)(=O)C(F)(F)F.CCCC[N+]1(C)CCCC1. The van der Waals surface area contributed by atoms with E-state index in [-0.39, 0.29) is 0 Å². The van der Waals surface area contributed by atoms with E-state index in [1.807, 2.05) is 0 Å². The molecule has 0 radical (unpaired) electrons. The van der Waals surface area contributed by atoms with Crippen LogP contribution < -0.4 is 0 Å². The summed E-state index contributed by atoms with van der Waals surface area (Å²) in [6, 6.07) is 0. The van der Waals surface area contributed by atoms with Gasteiger partial charge in [-0.1, -0.05) is 20.3 Å². The van der Waals surface area contributed by atoms with Crippen LogP contribution in [0.2, 0.25) is 0 Å². The first-order chi connectivity index (χ1) is 14.1. The summed E-state index contributed by atoms with van der Waals surface area (Å²) in [6.45, 7) is 7.64. The highest BCUT2D eigenvalue weighted by Gasteiger charge is 2.78. The maximum absolute atomic E-state index is 12.9. The van der Waals surface area contributed by atoms with Crippen LogP contribution in [0, 0.1) is 0 Å². The molecule has 0 N–H and O–H groups in total. The molecule has 0 aromatic carbocycles. The molecule has 0 spiro atoms. The summed E-state index contributed by atoms with van der Waals surface area (Å²) in [5.41, 5.74) is -12.3. The smallest absolute Gasteiger partial charge is 0.326 e. The van der Waals surface area contributed by atoms with Crippen molar-refractivity contribution >= 4 is 19.7 Å². The molecular formula is C18H36F6N2O4S2+2. The zero-order valence-corrected chi connectivity index (χ0v) is 21.1. The number of quaternary nitrogens is 2. The summed E-state index contributed by atoms with van der Waals surface area (Å²) < 4.78 is 120. The Bertz CT molecular complexity index is 766. The minimum absolute atomic E-state index is 0.528. The predicted octanol–water partition coefficient (Wildman–Crippen LogP) is 4.04. The van der Waals surface area contributed by atoms with Crippen LogP contribution in [0.4, 0.5) is 26.3 Å². The number of unbranched alkanes of at least 4 members (excludes halogenated alkanes) is 1. The summed E-state index contributed by atoms with van der Waals surface area (Å²) in [4.78, 5) is 0. The largest absolute Gasteiger partial charge is 0.504 e. The molecule has 1 aliphatic rings. The van der Waals surface area contributed by atoms with E-state index in [0.717, 1.165) is 6.92 Å². The van der Waals surface area contributed by atoms with E-state index in [2.05, 4.69) is 14.0 Å². The Hall–Kier alpha value is -0.600. The minimum Gasteiger partial charge on any atom is -0.326 e. The van der Waals surface area contributed by atoms with Gasteiger partial charge in [0.05, 0.1) is 47.8 Å². The topological polar surface area (TPSA) is 68.3 Å². The molecule has 0 bridgehead atoms. The number of likely N-dealkylation sites (tertiary alicyclic amines) is 1. The molecule has 1 fully saturated rings. The quantitative estimate of drug-likeness (QED) is 0.357. The van der Waals surface area contributed by atoms with Crippen LogP contribution in [-0.2, 0) is 19.7 Å². The van der Waals surface area contributed by atoms with E-state index in [4.69, 9.17) is 0 Å². The summed E-state index contributed by atoms with van der Waals surface area (Å²) in [7, 11) is -9.02. The molecular weight excluding hydrogens is 486 g/mol. The average molecular weight is 523 g/mol. The van der Waals surface area contributed by atoms with Crippen molar-refractivity contribution in [1.29, 1.82) is 0 Å². The lowest BCUT2D eigenvalue weighted by atomic mass is 10.3. The first-order valence-electron chi connectivity index (χ1n) is 10.3. The molecule has 14 heteroatoms. The van der Waals surface area contributed by atoms with Gasteiger partial charge in [-0.15, -0.1) is 0 Å². The molecule has 194 valence electrons. The van der Waals surface area contributed by atoms with Gasteiger partial charge in [0.1, 0.15) is 0 Å². The lowest BCUT2D eigenvalue weighted by Gasteiger charge is -2.44. The molecule has 0 saturated carbocycles. The molecule has 6 nitrogen and oxygen atoms in total. The number of nitrogens with zero attached hydrogens (tertiary/aromatic N) is 2.